The van der Waals surface area contributed by atoms with Crippen LogP contribution in [0, 0.1) is 25.2 Å². The summed E-state index contributed by atoms with van der Waals surface area (Å²) in [6, 6.07) is 8.49. The van der Waals surface area contributed by atoms with Crippen molar-refractivity contribution in [3.63, 3.8) is 0 Å². The Balaban J connectivity index is 2.09. The van der Waals surface area contributed by atoms with E-state index in [2.05, 4.69) is 46.2 Å². The maximum atomic E-state index is 9.34. The van der Waals surface area contributed by atoms with E-state index in [1.54, 1.807) is 0 Å². The van der Waals surface area contributed by atoms with Crippen molar-refractivity contribution < 1.29 is 0 Å². The molecule has 23 heavy (non-hydrogen) atoms. The van der Waals surface area contributed by atoms with Gasteiger partial charge in [0.25, 0.3) is 0 Å². The molecule has 0 fully saturated rings. The second-order valence-electron chi connectivity index (χ2n) is 5.92. The number of hydrogen-bond donors (Lipinski definition) is 1. The number of nitrogens with one attached hydrogen (secondary N) is 1. The second kappa shape index (κ2) is 5.06. The highest BCUT2D eigenvalue weighted by Gasteiger charge is 2.18. The van der Waals surface area contributed by atoms with E-state index >= 15 is 0 Å². The molecule has 1 N–H and O–H groups in total. The summed E-state index contributed by atoms with van der Waals surface area (Å²) < 4.78 is 0. The highest BCUT2D eigenvalue weighted by Crippen LogP contribution is 2.36. The van der Waals surface area contributed by atoms with E-state index < -0.39 is 0 Å². The Labute approximate surface area is 134 Å². The molecule has 0 radical (unpaired) electrons. The summed E-state index contributed by atoms with van der Waals surface area (Å²) >= 11 is 0. The quantitative estimate of drug-likeness (QED) is 0.744. The maximum Gasteiger partial charge on any atom is 0.164 e. The smallest absolute Gasteiger partial charge is 0.164 e. The van der Waals surface area contributed by atoms with Gasteiger partial charge in [0.2, 0.25) is 0 Å². The minimum absolute atomic E-state index is 0.450. The summed E-state index contributed by atoms with van der Waals surface area (Å²) in [6.45, 7) is 4.95. The number of H-pyrrole nitrogens is 1. The van der Waals surface area contributed by atoms with Crippen LogP contribution in [0.4, 0.5) is 0 Å². The van der Waals surface area contributed by atoms with Gasteiger partial charge in [-0.2, -0.15) is 5.26 Å². The number of nitrogens with zero attached hydrogens (tertiary/aromatic N) is 3. The molecular weight excluding hydrogens is 284 g/mol. The van der Waals surface area contributed by atoms with Crippen LogP contribution >= 0.6 is 0 Å². The van der Waals surface area contributed by atoms with E-state index in [1.807, 2.05) is 19.3 Å². The largest absolute Gasteiger partial charge is 0.356 e. The SMILES string of the molecule is Cc1[nH]c2c(C#N)ncc(-c3cccc4c3CCN=C4)c2c1C. The third-order valence-electron chi connectivity index (χ3n) is 4.66. The van der Waals surface area contributed by atoms with Gasteiger partial charge in [0.1, 0.15) is 6.07 Å². The van der Waals surface area contributed by atoms with Gasteiger partial charge in [-0.05, 0) is 42.5 Å². The third kappa shape index (κ3) is 1.97. The van der Waals surface area contributed by atoms with Gasteiger partial charge in [-0.1, -0.05) is 18.2 Å². The Morgan fingerprint density at radius 3 is 2.91 bits per heavy atom. The van der Waals surface area contributed by atoms with E-state index in [4.69, 9.17) is 0 Å². The monoisotopic (exact) mass is 300 g/mol. The Kier molecular flexibility index (Phi) is 3.02. The van der Waals surface area contributed by atoms with E-state index in [0.29, 0.717) is 5.69 Å². The van der Waals surface area contributed by atoms with Gasteiger partial charge in [0.15, 0.2) is 5.69 Å². The lowest BCUT2D eigenvalue weighted by Crippen LogP contribution is -2.05. The molecule has 1 aromatic carbocycles. The highest BCUT2D eigenvalue weighted by molar-refractivity contribution is 6.01. The summed E-state index contributed by atoms with van der Waals surface area (Å²) in [4.78, 5) is 12.1. The average Bonchev–Trinajstić information content (AvgIpc) is 2.89. The number of pyridine rings is 1. The van der Waals surface area contributed by atoms with Gasteiger partial charge in [-0.15, -0.1) is 0 Å². The van der Waals surface area contributed by atoms with Crippen LogP contribution in [0.3, 0.4) is 0 Å². The van der Waals surface area contributed by atoms with Crippen molar-refractivity contribution in [2.75, 3.05) is 6.54 Å². The number of aliphatic imine (C=N–C) groups is 1. The topological polar surface area (TPSA) is 64.8 Å². The van der Waals surface area contributed by atoms with Gasteiger partial charge in [-0.3, -0.25) is 4.99 Å². The summed E-state index contributed by atoms with van der Waals surface area (Å²) in [5.41, 5.74) is 8.32. The number of fused-ring (bicyclic) bond motifs is 2. The lowest BCUT2D eigenvalue weighted by molar-refractivity contribution is 0.954. The molecule has 0 unspecified atom stereocenters. The summed E-state index contributed by atoms with van der Waals surface area (Å²) in [5, 5.41) is 10.4. The van der Waals surface area contributed by atoms with E-state index in [0.717, 1.165) is 35.1 Å². The van der Waals surface area contributed by atoms with Crippen molar-refractivity contribution in [2.24, 2.45) is 4.99 Å². The highest BCUT2D eigenvalue weighted by atomic mass is 14.8. The average molecular weight is 300 g/mol. The van der Waals surface area contributed by atoms with Crippen LogP contribution in [0.25, 0.3) is 22.0 Å². The first-order valence-electron chi connectivity index (χ1n) is 7.70. The van der Waals surface area contributed by atoms with Crippen molar-refractivity contribution in [2.45, 2.75) is 20.3 Å². The van der Waals surface area contributed by atoms with Gasteiger partial charge in [0, 0.05) is 35.6 Å². The lowest BCUT2D eigenvalue weighted by Gasteiger charge is -2.16. The number of aromatic amines is 1. The molecule has 0 bridgehead atoms. The fourth-order valence-electron chi connectivity index (χ4n) is 3.38. The fraction of sp³-hybridized carbons (Fsp3) is 0.211. The van der Waals surface area contributed by atoms with Gasteiger partial charge in [-0.25, -0.2) is 4.98 Å². The number of aryl methyl sites for hydroxylation is 2. The molecule has 4 rings (SSSR count). The van der Waals surface area contributed by atoms with E-state index in [-0.39, 0.29) is 0 Å². The second-order valence-corrected chi connectivity index (χ2v) is 5.92. The van der Waals surface area contributed by atoms with Crippen LogP contribution in [-0.2, 0) is 6.42 Å². The normalized spacial score (nSPS) is 13.1. The Morgan fingerprint density at radius 2 is 2.09 bits per heavy atom. The number of benzene rings is 1. The lowest BCUT2D eigenvalue weighted by atomic mass is 9.91. The molecule has 0 atom stereocenters. The summed E-state index contributed by atoms with van der Waals surface area (Å²) in [6.07, 6.45) is 4.72. The number of rotatable bonds is 1. The van der Waals surface area contributed by atoms with Crippen molar-refractivity contribution in [1.82, 2.24) is 9.97 Å². The standard InChI is InChI=1S/C19H16N4/c1-11-12(2)23-19-17(8-20)22-10-16(18(11)19)15-5-3-4-13-9-21-7-6-14(13)15/h3-5,9-10,23H,6-7H2,1-2H3. The van der Waals surface area contributed by atoms with Crippen molar-refractivity contribution in [1.29, 1.82) is 5.26 Å². The Hall–Kier alpha value is -2.93. The Morgan fingerprint density at radius 1 is 1.22 bits per heavy atom. The minimum Gasteiger partial charge on any atom is -0.356 e. The van der Waals surface area contributed by atoms with Crippen molar-refractivity contribution in [3.8, 4) is 17.2 Å². The van der Waals surface area contributed by atoms with E-state index in [9.17, 15) is 5.26 Å². The van der Waals surface area contributed by atoms with E-state index in [1.165, 1.54) is 22.3 Å². The molecular formula is C19H16N4. The zero-order valence-electron chi connectivity index (χ0n) is 13.1. The molecule has 0 saturated carbocycles. The predicted molar refractivity (Wildman–Crippen MR) is 91.9 cm³/mol. The van der Waals surface area contributed by atoms with Crippen molar-refractivity contribution >= 4 is 17.1 Å². The number of hydrogen-bond acceptors (Lipinski definition) is 3. The molecule has 0 amide bonds. The molecule has 4 nitrogen and oxygen atoms in total. The zero-order chi connectivity index (χ0) is 16.0. The summed E-state index contributed by atoms with van der Waals surface area (Å²) in [5.74, 6) is 0. The van der Waals surface area contributed by atoms with Crippen LogP contribution in [0.15, 0.2) is 29.4 Å². The minimum atomic E-state index is 0.450. The molecule has 112 valence electrons. The molecule has 2 aromatic heterocycles. The van der Waals surface area contributed by atoms with Crippen LogP contribution < -0.4 is 0 Å². The molecule has 1 aliphatic heterocycles. The van der Waals surface area contributed by atoms with Crippen LogP contribution in [0.1, 0.15) is 28.1 Å². The molecule has 0 spiro atoms. The first kappa shape index (κ1) is 13.7. The van der Waals surface area contributed by atoms with Crippen molar-refractivity contribution in [3.05, 3.63) is 52.5 Å². The van der Waals surface area contributed by atoms with Crippen LogP contribution in [0.5, 0.6) is 0 Å². The van der Waals surface area contributed by atoms with Gasteiger partial charge < -0.3 is 4.98 Å². The Bertz CT molecular complexity index is 1000. The first-order valence-corrected chi connectivity index (χ1v) is 7.70. The zero-order valence-corrected chi connectivity index (χ0v) is 13.1. The third-order valence-corrected chi connectivity index (χ3v) is 4.66. The maximum absolute atomic E-state index is 9.34. The molecule has 0 saturated heterocycles. The summed E-state index contributed by atoms with van der Waals surface area (Å²) in [7, 11) is 0. The van der Waals surface area contributed by atoms with Crippen LogP contribution in [-0.4, -0.2) is 22.7 Å². The molecule has 0 aliphatic carbocycles. The molecule has 4 heteroatoms. The molecule has 1 aliphatic rings. The predicted octanol–water partition coefficient (Wildman–Crippen LogP) is 3.69. The first-order chi connectivity index (χ1) is 11.2. The fourth-order valence-corrected chi connectivity index (χ4v) is 3.38. The number of aromatic nitrogens is 2. The van der Waals surface area contributed by atoms with Gasteiger partial charge in [0.05, 0.1) is 5.52 Å². The molecule has 3 heterocycles. The molecule has 3 aromatic rings. The van der Waals surface area contributed by atoms with Gasteiger partial charge >= 0.3 is 0 Å². The number of nitriles is 1. The van der Waals surface area contributed by atoms with Crippen LogP contribution in [0.2, 0.25) is 0 Å².